The minimum atomic E-state index is -1.08. The second-order valence-corrected chi connectivity index (χ2v) is 6.71. The van der Waals surface area contributed by atoms with E-state index in [1.54, 1.807) is 20.8 Å². The topological polar surface area (TPSA) is 122 Å². The van der Waals surface area contributed by atoms with Gasteiger partial charge in [-0.1, -0.05) is 48.0 Å². The molecule has 134 valence electrons. The molecule has 7 heteroatoms. The molecule has 0 rings (SSSR count). The molecule has 23 heavy (non-hydrogen) atoms. The van der Waals surface area contributed by atoms with Crippen molar-refractivity contribution >= 4 is 17.8 Å². The number of hydrogen-bond acceptors (Lipinski definition) is 4. The predicted octanol–water partition coefficient (Wildman–Crippen LogP) is 0.726. The molecule has 0 radical (unpaired) electrons. The highest BCUT2D eigenvalue weighted by atomic mass is 16.4. The van der Waals surface area contributed by atoms with Crippen LogP contribution in [0.4, 0.5) is 0 Å². The molecule has 0 aliphatic heterocycles. The highest BCUT2D eigenvalue weighted by molar-refractivity contribution is 5.92. The van der Waals surface area contributed by atoms with Crippen LogP contribution in [0.15, 0.2) is 0 Å². The molecule has 4 unspecified atom stereocenters. The first-order valence-electron chi connectivity index (χ1n) is 8.11. The number of aliphatic carboxylic acids is 1. The Hall–Kier alpha value is -1.63. The lowest BCUT2D eigenvalue weighted by Crippen LogP contribution is -2.57. The molecule has 0 heterocycles. The number of nitrogens with two attached hydrogens (primary N) is 1. The van der Waals surface area contributed by atoms with Crippen LogP contribution < -0.4 is 16.4 Å². The summed E-state index contributed by atoms with van der Waals surface area (Å²) in [4.78, 5) is 35.8. The van der Waals surface area contributed by atoms with Crippen LogP contribution in [0.2, 0.25) is 0 Å². The van der Waals surface area contributed by atoms with Gasteiger partial charge in [0, 0.05) is 0 Å². The fourth-order valence-electron chi connectivity index (χ4n) is 2.01. The van der Waals surface area contributed by atoms with Crippen molar-refractivity contribution in [2.45, 2.75) is 66.1 Å². The van der Waals surface area contributed by atoms with Crippen LogP contribution in [0, 0.1) is 17.8 Å². The number of carboxylic acid groups (broad SMARTS) is 1. The van der Waals surface area contributed by atoms with Crippen LogP contribution in [-0.2, 0) is 14.4 Å². The van der Waals surface area contributed by atoms with E-state index in [0.717, 1.165) is 0 Å². The largest absolute Gasteiger partial charge is 0.480 e. The van der Waals surface area contributed by atoms with Gasteiger partial charge in [-0.05, 0) is 17.8 Å². The molecule has 0 spiro atoms. The van der Waals surface area contributed by atoms with E-state index in [9.17, 15) is 19.5 Å². The fraction of sp³-hybridized carbons (Fsp3) is 0.812. The van der Waals surface area contributed by atoms with Crippen molar-refractivity contribution < 1.29 is 19.5 Å². The Balaban J connectivity index is 5.06. The zero-order chi connectivity index (χ0) is 18.3. The van der Waals surface area contributed by atoms with Crippen molar-refractivity contribution in [3.63, 3.8) is 0 Å². The second kappa shape index (κ2) is 9.50. The lowest BCUT2D eigenvalue weighted by atomic mass is 9.96. The number of carboxylic acids is 1. The van der Waals surface area contributed by atoms with Gasteiger partial charge < -0.3 is 21.5 Å². The Morgan fingerprint density at radius 1 is 0.913 bits per heavy atom. The van der Waals surface area contributed by atoms with E-state index in [-0.39, 0.29) is 17.8 Å². The summed E-state index contributed by atoms with van der Waals surface area (Å²) >= 11 is 0. The highest BCUT2D eigenvalue weighted by Crippen LogP contribution is 2.10. The second-order valence-electron chi connectivity index (χ2n) is 6.71. The van der Waals surface area contributed by atoms with Gasteiger partial charge in [-0.2, -0.15) is 0 Å². The van der Waals surface area contributed by atoms with Crippen LogP contribution >= 0.6 is 0 Å². The number of amides is 2. The lowest BCUT2D eigenvalue weighted by Gasteiger charge is -2.27. The number of rotatable bonds is 9. The van der Waals surface area contributed by atoms with Gasteiger partial charge >= 0.3 is 5.97 Å². The maximum absolute atomic E-state index is 12.4. The summed E-state index contributed by atoms with van der Waals surface area (Å²) < 4.78 is 0. The van der Waals surface area contributed by atoms with Crippen LogP contribution in [0.1, 0.15) is 48.0 Å². The molecule has 7 nitrogen and oxygen atoms in total. The molecule has 0 aliphatic rings. The van der Waals surface area contributed by atoms with E-state index in [1.165, 1.54) is 0 Å². The number of nitrogens with one attached hydrogen (secondary N) is 2. The maximum atomic E-state index is 12.4. The van der Waals surface area contributed by atoms with Crippen molar-refractivity contribution in [2.24, 2.45) is 23.5 Å². The Bertz CT molecular complexity index is 424. The summed E-state index contributed by atoms with van der Waals surface area (Å²) in [6, 6.07) is -2.52. The number of hydrogen-bond donors (Lipinski definition) is 4. The van der Waals surface area contributed by atoms with Crippen LogP contribution in [-0.4, -0.2) is 41.0 Å². The molecule has 0 bridgehead atoms. The smallest absolute Gasteiger partial charge is 0.326 e. The minimum absolute atomic E-state index is 0.0576. The Labute approximate surface area is 138 Å². The van der Waals surface area contributed by atoms with E-state index in [1.807, 2.05) is 20.8 Å². The summed E-state index contributed by atoms with van der Waals surface area (Å²) in [5.74, 6) is -2.46. The predicted molar refractivity (Wildman–Crippen MR) is 88.6 cm³/mol. The van der Waals surface area contributed by atoms with Crippen molar-refractivity contribution in [1.29, 1.82) is 0 Å². The van der Waals surface area contributed by atoms with Gasteiger partial charge in [-0.15, -0.1) is 0 Å². The average molecular weight is 329 g/mol. The van der Waals surface area contributed by atoms with E-state index < -0.39 is 35.9 Å². The highest BCUT2D eigenvalue weighted by Gasteiger charge is 2.32. The van der Waals surface area contributed by atoms with Gasteiger partial charge in [-0.3, -0.25) is 9.59 Å². The molecule has 0 saturated carbocycles. The SMILES string of the molecule is CCC(C)C(NC(=O)C(NC(=O)C(N)C(C)C)C(C)C)C(=O)O. The molecule has 5 N–H and O–H groups in total. The minimum Gasteiger partial charge on any atom is -0.480 e. The van der Waals surface area contributed by atoms with E-state index in [2.05, 4.69) is 10.6 Å². The quantitative estimate of drug-likeness (QED) is 0.497. The molecule has 0 aliphatic carbocycles. The third-order valence-corrected chi connectivity index (χ3v) is 4.04. The van der Waals surface area contributed by atoms with E-state index in [0.29, 0.717) is 6.42 Å². The molecular weight excluding hydrogens is 298 g/mol. The summed E-state index contributed by atoms with van der Waals surface area (Å²) in [6.45, 7) is 10.8. The third-order valence-electron chi connectivity index (χ3n) is 4.04. The monoisotopic (exact) mass is 329 g/mol. The first-order chi connectivity index (χ1) is 10.5. The zero-order valence-corrected chi connectivity index (χ0v) is 14.9. The van der Waals surface area contributed by atoms with Gasteiger partial charge in [0.15, 0.2) is 0 Å². The van der Waals surface area contributed by atoms with Crippen LogP contribution in [0.3, 0.4) is 0 Å². The fourth-order valence-corrected chi connectivity index (χ4v) is 2.01. The molecule has 0 aromatic heterocycles. The summed E-state index contributed by atoms with van der Waals surface area (Å²) in [5.41, 5.74) is 5.79. The van der Waals surface area contributed by atoms with Gasteiger partial charge in [0.2, 0.25) is 11.8 Å². The van der Waals surface area contributed by atoms with E-state index in [4.69, 9.17) is 5.73 Å². The van der Waals surface area contributed by atoms with Crippen LogP contribution in [0.25, 0.3) is 0 Å². The molecule has 4 atom stereocenters. The van der Waals surface area contributed by atoms with Gasteiger partial charge in [-0.25, -0.2) is 4.79 Å². The normalized spacial score (nSPS) is 16.6. The molecular formula is C16H31N3O4. The Morgan fingerprint density at radius 2 is 1.39 bits per heavy atom. The van der Waals surface area contributed by atoms with Crippen molar-refractivity contribution in [3.05, 3.63) is 0 Å². The molecule has 0 fully saturated rings. The first-order valence-corrected chi connectivity index (χ1v) is 8.11. The van der Waals surface area contributed by atoms with Crippen molar-refractivity contribution in [1.82, 2.24) is 10.6 Å². The third kappa shape index (κ3) is 6.56. The van der Waals surface area contributed by atoms with Crippen molar-refractivity contribution in [2.75, 3.05) is 0 Å². The number of carbonyl (C=O) groups excluding carboxylic acids is 2. The maximum Gasteiger partial charge on any atom is 0.326 e. The lowest BCUT2D eigenvalue weighted by molar-refractivity contribution is -0.144. The van der Waals surface area contributed by atoms with Gasteiger partial charge in [0.1, 0.15) is 12.1 Å². The number of carbonyl (C=O) groups is 3. The van der Waals surface area contributed by atoms with Crippen molar-refractivity contribution in [3.8, 4) is 0 Å². The summed E-state index contributed by atoms with van der Waals surface area (Å²) in [5, 5.41) is 14.4. The summed E-state index contributed by atoms with van der Waals surface area (Å²) in [6.07, 6.45) is 0.619. The summed E-state index contributed by atoms with van der Waals surface area (Å²) in [7, 11) is 0. The van der Waals surface area contributed by atoms with E-state index >= 15 is 0 Å². The molecule has 0 saturated heterocycles. The molecule has 0 aromatic rings. The Morgan fingerprint density at radius 3 is 1.74 bits per heavy atom. The molecule has 2 amide bonds. The average Bonchev–Trinajstić information content (AvgIpc) is 2.47. The standard InChI is InChI=1S/C16H31N3O4/c1-7-10(6)13(16(22)23)19-15(21)12(9(4)5)18-14(20)11(17)8(2)3/h8-13H,7,17H2,1-6H3,(H,18,20)(H,19,21)(H,22,23). The van der Waals surface area contributed by atoms with Crippen LogP contribution in [0.5, 0.6) is 0 Å². The van der Waals surface area contributed by atoms with Gasteiger partial charge in [0.25, 0.3) is 0 Å². The zero-order valence-electron chi connectivity index (χ0n) is 14.9. The first kappa shape index (κ1) is 21.4. The van der Waals surface area contributed by atoms with Gasteiger partial charge in [0.05, 0.1) is 6.04 Å². The molecule has 0 aromatic carbocycles. The Kier molecular flexibility index (Phi) is 8.82.